The van der Waals surface area contributed by atoms with Gasteiger partial charge in [-0.15, -0.1) is 0 Å². The quantitative estimate of drug-likeness (QED) is 0.752. The van der Waals surface area contributed by atoms with Crippen LogP contribution >= 0.6 is 26.6 Å². The summed E-state index contributed by atoms with van der Waals surface area (Å²) in [6.45, 7) is 6.62. The van der Waals surface area contributed by atoms with Crippen LogP contribution in [0.2, 0.25) is 0 Å². The van der Waals surface area contributed by atoms with Crippen LogP contribution in [-0.4, -0.2) is 32.8 Å². The van der Waals surface area contributed by atoms with Crippen LogP contribution in [0.4, 0.5) is 0 Å². The van der Waals surface area contributed by atoms with E-state index in [4.69, 9.17) is 10.7 Å². The average Bonchev–Trinajstić information content (AvgIpc) is 2.23. The first-order valence-electron chi connectivity index (χ1n) is 5.91. The lowest BCUT2D eigenvalue weighted by Crippen LogP contribution is -2.34. The lowest BCUT2D eigenvalue weighted by molar-refractivity contribution is 0.0745. The third-order valence-electron chi connectivity index (χ3n) is 2.46. The maximum atomic E-state index is 12.3. The summed E-state index contributed by atoms with van der Waals surface area (Å²) in [4.78, 5) is 13.8. The van der Waals surface area contributed by atoms with Crippen molar-refractivity contribution in [3.05, 3.63) is 28.2 Å². The number of hydrogen-bond donors (Lipinski definition) is 0. The Balaban J connectivity index is 3.14. The summed E-state index contributed by atoms with van der Waals surface area (Å²) in [5, 5.41) is 0. The molecule has 0 aliphatic rings. The molecule has 0 aliphatic heterocycles. The van der Waals surface area contributed by atoms with E-state index in [0.717, 1.165) is 0 Å². The predicted octanol–water partition coefficient (Wildman–Crippen LogP) is 3.49. The third kappa shape index (κ3) is 5.07. The molecule has 0 saturated carbocycles. The molecule has 0 atom stereocenters. The number of carbonyl (C=O) groups is 1. The van der Waals surface area contributed by atoms with E-state index in [0.29, 0.717) is 11.0 Å². The van der Waals surface area contributed by atoms with Crippen molar-refractivity contribution >= 4 is 41.6 Å². The highest BCUT2D eigenvalue weighted by molar-refractivity contribution is 9.10. The molecule has 20 heavy (non-hydrogen) atoms. The second-order valence-electron chi connectivity index (χ2n) is 5.84. The van der Waals surface area contributed by atoms with Crippen LogP contribution in [0, 0.1) is 5.41 Å². The number of hydrogen-bond acceptors (Lipinski definition) is 3. The summed E-state index contributed by atoms with van der Waals surface area (Å²) in [6, 6.07) is 4.23. The van der Waals surface area contributed by atoms with E-state index in [2.05, 4.69) is 15.9 Å². The van der Waals surface area contributed by atoms with Gasteiger partial charge in [0.05, 0.1) is 4.90 Å². The van der Waals surface area contributed by atoms with Gasteiger partial charge in [0.15, 0.2) is 0 Å². The Morgan fingerprint density at radius 3 is 2.30 bits per heavy atom. The largest absolute Gasteiger partial charge is 0.341 e. The lowest BCUT2D eigenvalue weighted by Gasteiger charge is -2.26. The SMILES string of the molecule is CN(CC(C)(C)C)C(=O)c1cc(Br)cc(S(=O)(=O)Cl)c1. The summed E-state index contributed by atoms with van der Waals surface area (Å²) >= 11 is 3.19. The Kier molecular flexibility index (Phi) is 5.27. The second kappa shape index (κ2) is 6.03. The van der Waals surface area contributed by atoms with Crippen LogP contribution in [0.3, 0.4) is 0 Å². The molecule has 0 saturated heterocycles. The number of carbonyl (C=O) groups excluding carboxylic acids is 1. The molecule has 7 heteroatoms. The van der Waals surface area contributed by atoms with E-state index in [1.165, 1.54) is 12.1 Å². The van der Waals surface area contributed by atoms with Gasteiger partial charge >= 0.3 is 0 Å². The number of nitrogens with zero attached hydrogens (tertiary/aromatic N) is 1. The van der Waals surface area contributed by atoms with Crippen molar-refractivity contribution in [2.45, 2.75) is 25.7 Å². The molecule has 1 aromatic carbocycles. The van der Waals surface area contributed by atoms with Crippen LogP contribution < -0.4 is 0 Å². The normalized spacial score (nSPS) is 12.3. The molecule has 1 amide bonds. The van der Waals surface area contributed by atoms with Crippen molar-refractivity contribution in [3.8, 4) is 0 Å². The highest BCUT2D eigenvalue weighted by atomic mass is 79.9. The predicted molar refractivity (Wildman–Crippen MR) is 83.6 cm³/mol. The maximum Gasteiger partial charge on any atom is 0.261 e. The molecule has 0 N–H and O–H groups in total. The van der Waals surface area contributed by atoms with Gasteiger partial charge in [0, 0.05) is 34.3 Å². The lowest BCUT2D eigenvalue weighted by atomic mass is 9.96. The molecule has 1 rings (SSSR count). The molecule has 0 spiro atoms. The number of halogens is 2. The van der Waals surface area contributed by atoms with Crippen molar-refractivity contribution < 1.29 is 13.2 Å². The molecule has 4 nitrogen and oxygen atoms in total. The molecule has 0 bridgehead atoms. The molecule has 0 unspecified atom stereocenters. The summed E-state index contributed by atoms with van der Waals surface area (Å²) in [7, 11) is 3.13. The van der Waals surface area contributed by atoms with E-state index in [1.54, 1.807) is 18.0 Å². The molecular weight excluding hydrogens is 366 g/mol. The highest BCUT2D eigenvalue weighted by Crippen LogP contribution is 2.24. The molecule has 0 aromatic heterocycles. The van der Waals surface area contributed by atoms with Crippen molar-refractivity contribution in [3.63, 3.8) is 0 Å². The van der Waals surface area contributed by atoms with Gasteiger partial charge in [-0.2, -0.15) is 0 Å². The van der Waals surface area contributed by atoms with E-state index >= 15 is 0 Å². The molecule has 0 aliphatic carbocycles. The van der Waals surface area contributed by atoms with Crippen molar-refractivity contribution in [1.82, 2.24) is 4.90 Å². The van der Waals surface area contributed by atoms with Crippen molar-refractivity contribution in [2.24, 2.45) is 5.41 Å². The Hall–Kier alpha value is -0.590. The van der Waals surface area contributed by atoms with Crippen LogP contribution in [-0.2, 0) is 9.05 Å². The van der Waals surface area contributed by atoms with Gasteiger partial charge in [0.1, 0.15) is 0 Å². The molecule has 0 fully saturated rings. The highest BCUT2D eigenvalue weighted by Gasteiger charge is 2.21. The van der Waals surface area contributed by atoms with Gasteiger partial charge in [-0.05, 0) is 23.6 Å². The van der Waals surface area contributed by atoms with Crippen LogP contribution in [0.25, 0.3) is 0 Å². The molecule has 112 valence electrons. The van der Waals surface area contributed by atoms with E-state index in [-0.39, 0.29) is 21.8 Å². The summed E-state index contributed by atoms with van der Waals surface area (Å²) in [6.07, 6.45) is 0. The minimum atomic E-state index is -3.87. The molecule has 0 radical (unpaired) electrons. The zero-order valence-electron chi connectivity index (χ0n) is 11.8. The summed E-state index contributed by atoms with van der Waals surface area (Å²) in [5.41, 5.74) is 0.239. The second-order valence-corrected chi connectivity index (χ2v) is 9.32. The van der Waals surface area contributed by atoms with Crippen LogP contribution in [0.1, 0.15) is 31.1 Å². The van der Waals surface area contributed by atoms with Crippen LogP contribution in [0.15, 0.2) is 27.6 Å². The number of rotatable bonds is 3. The van der Waals surface area contributed by atoms with Crippen molar-refractivity contribution in [2.75, 3.05) is 13.6 Å². The van der Waals surface area contributed by atoms with Gasteiger partial charge in [-0.3, -0.25) is 4.79 Å². The standard InChI is InChI=1S/C13H17BrClNO3S/c1-13(2,3)8-16(4)12(17)9-5-10(14)7-11(6-9)20(15,18)19/h5-7H,8H2,1-4H3. The fourth-order valence-electron chi connectivity index (χ4n) is 1.83. The first kappa shape index (κ1) is 17.5. The average molecular weight is 383 g/mol. The number of benzene rings is 1. The minimum absolute atomic E-state index is 0.0438. The zero-order valence-corrected chi connectivity index (χ0v) is 14.9. The van der Waals surface area contributed by atoms with Gasteiger partial charge in [-0.1, -0.05) is 36.7 Å². The Bertz CT molecular complexity index is 623. The Labute approximate surface area is 132 Å². The van der Waals surface area contributed by atoms with Gasteiger partial charge in [0.2, 0.25) is 0 Å². The fourth-order valence-corrected chi connectivity index (χ4v) is 3.28. The van der Waals surface area contributed by atoms with Gasteiger partial charge < -0.3 is 4.90 Å². The smallest absolute Gasteiger partial charge is 0.261 e. The van der Waals surface area contributed by atoms with E-state index < -0.39 is 9.05 Å². The maximum absolute atomic E-state index is 12.3. The van der Waals surface area contributed by atoms with E-state index in [1.807, 2.05) is 20.8 Å². The zero-order chi connectivity index (χ0) is 15.7. The third-order valence-corrected chi connectivity index (χ3v) is 4.25. The Morgan fingerprint density at radius 2 is 1.85 bits per heavy atom. The summed E-state index contributed by atoms with van der Waals surface area (Å²) in [5.74, 6) is -0.247. The number of amides is 1. The first-order valence-corrected chi connectivity index (χ1v) is 9.01. The molecule has 1 aromatic rings. The minimum Gasteiger partial charge on any atom is -0.341 e. The fraction of sp³-hybridized carbons (Fsp3) is 0.462. The molecule has 0 heterocycles. The monoisotopic (exact) mass is 381 g/mol. The molecular formula is C13H17BrClNO3S. The van der Waals surface area contributed by atoms with Crippen LogP contribution in [0.5, 0.6) is 0 Å². The van der Waals surface area contributed by atoms with Gasteiger partial charge in [0.25, 0.3) is 15.0 Å². The van der Waals surface area contributed by atoms with Gasteiger partial charge in [-0.25, -0.2) is 8.42 Å². The topological polar surface area (TPSA) is 54.5 Å². The van der Waals surface area contributed by atoms with Crippen molar-refractivity contribution in [1.29, 1.82) is 0 Å². The Morgan fingerprint density at radius 1 is 1.30 bits per heavy atom. The summed E-state index contributed by atoms with van der Waals surface area (Å²) < 4.78 is 23.2. The van der Waals surface area contributed by atoms with E-state index in [9.17, 15) is 13.2 Å². The first-order chi connectivity index (χ1) is 8.90.